The summed E-state index contributed by atoms with van der Waals surface area (Å²) in [5.74, 6) is 1.63. The second-order valence-corrected chi connectivity index (χ2v) is 8.85. The molecular formula is C26H32ClN7O2. The third kappa shape index (κ3) is 7.58. The summed E-state index contributed by atoms with van der Waals surface area (Å²) in [6, 6.07) is 14.7. The predicted molar refractivity (Wildman–Crippen MR) is 146 cm³/mol. The van der Waals surface area contributed by atoms with Gasteiger partial charge in [0.2, 0.25) is 5.91 Å². The molecule has 0 fully saturated rings. The van der Waals surface area contributed by atoms with Gasteiger partial charge in [-0.3, -0.25) is 9.59 Å². The van der Waals surface area contributed by atoms with Gasteiger partial charge in [0.05, 0.1) is 0 Å². The molecule has 0 saturated carbocycles. The maximum atomic E-state index is 12.5. The quantitative estimate of drug-likeness (QED) is 0.292. The van der Waals surface area contributed by atoms with E-state index in [0.29, 0.717) is 54.2 Å². The van der Waals surface area contributed by atoms with Crippen LogP contribution in [0.25, 0.3) is 11.4 Å². The molecule has 0 aliphatic heterocycles. The van der Waals surface area contributed by atoms with Crippen LogP contribution in [0.2, 0.25) is 5.02 Å². The standard InChI is InChI=1S/C26H32ClN7O2/c1-17-23(29-14-13-28-18(2)35)32-25(19-5-9-21(27)10-6-19)33-24(17)30-15-16-31-26(36)20-7-11-22(12-8-20)34(3)4/h5-12H,13-16H2,1-4H3,(H,28,35)(H,31,36)(H2,29,30,32,33). The van der Waals surface area contributed by atoms with E-state index in [1.807, 2.05) is 62.3 Å². The molecule has 0 saturated heterocycles. The predicted octanol–water partition coefficient (Wildman–Crippen LogP) is 3.56. The van der Waals surface area contributed by atoms with Crippen molar-refractivity contribution in [1.29, 1.82) is 0 Å². The van der Waals surface area contributed by atoms with Crippen LogP contribution >= 0.6 is 11.6 Å². The lowest BCUT2D eigenvalue weighted by molar-refractivity contribution is -0.118. The summed E-state index contributed by atoms with van der Waals surface area (Å²) in [4.78, 5) is 35.0. The summed E-state index contributed by atoms with van der Waals surface area (Å²) >= 11 is 6.04. The van der Waals surface area contributed by atoms with Crippen LogP contribution < -0.4 is 26.2 Å². The fourth-order valence-corrected chi connectivity index (χ4v) is 3.50. The molecule has 0 spiro atoms. The highest BCUT2D eigenvalue weighted by atomic mass is 35.5. The molecule has 9 nitrogen and oxygen atoms in total. The molecule has 190 valence electrons. The fraction of sp³-hybridized carbons (Fsp3) is 0.308. The smallest absolute Gasteiger partial charge is 0.251 e. The van der Waals surface area contributed by atoms with E-state index >= 15 is 0 Å². The Kier molecular flexibility index (Phi) is 9.46. The van der Waals surface area contributed by atoms with Crippen LogP contribution in [0.5, 0.6) is 0 Å². The largest absolute Gasteiger partial charge is 0.378 e. The van der Waals surface area contributed by atoms with E-state index in [1.165, 1.54) is 6.92 Å². The van der Waals surface area contributed by atoms with Crippen LogP contribution in [0.15, 0.2) is 48.5 Å². The van der Waals surface area contributed by atoms with Crippen LogP contribution in [0.1, 0.15) is 22.8 Å². The third-order valence-electron chi connectivity index (χ3n) is 5.39. The molecule has 0 aliphatic carbocycles. The first-order chi connectivity index (χ1) is 17.2. The summed E-state index contributed by atoms with van der Waals surface area (Å²) in [6.07, 6.45) is 0. The summed E-state index contributed by atoms with van der Waals surface area (Å²) in [5.41, 5.74) is 3.29. The molecule has 0 unspecified atom stereocenters. The van der Waals surface area contributed by atoms with Crippen LogP contribution in [-0.2, 0) is 4.79 Å². The molecule has 0 atom stereocenters. The maximum absolute atomic E-state index is 12.5. The van der Waals surface area contributed by atoms with Crippen LogP contribution in [0, 0.1) is 6.92 Å². The van der Waals surface area contributed by atoms with Gasteiger partial charge in [0.25, 0.3) is 5.91 Å². The SMILES string of the molecule is CC(=O)NCCNc1nc(-c2ccc(Cl)cc2)nc(NCCNC(=O)c2ccc(N(C)C)cc2)c1C. The van der Waals surface area contributed by atoms with Gasteiger partial charge in [0, 0.05) is 74.6 Å². The van der Waals surface area contributed by atoms with E-state index in [-0.39, 0.29) is 11.8 Å². The topological polar surface area (TPSA) is 111 Å². The highest BCUT2D eigenvalue weighted by molar-refractivity contribution is 6.30. The number of hydrogen-bond donors (Lipinski definition) is 4. The molecule has 36 heavy (non-hydrogen) atoms. The molecule has 0 radical (unpaired) electrons. The van der Waals surface area contributed by atoms with Gasteiger partial charge in [-0.15, -0.1) is 0 Å². The molecule has 2 amide bonds. The van der Waals surface area contributed by atoms with Crippen molar-refractivity contribution in [2.24, 2.45) is 0 Å². The first-order valence-electron chi connectivity index (χ1n) is 11.7. The molecule has 3 aromatic rings. The molecule has 10 heteroatoms. The number of benzene rings is 2. The number of halogens is 1. The monoisotopic (exact) mass is 509 g/mol. The normalized spacial score (nSPS) is 10.5. The van der Waals surface area contributed by atoms with E-state index in [2.05, 4.69) is 26.3 Å². The Morgan fingerprint density at radius 1 is 0.833 bits per heavy atom. The van der Waals surface area contributed by atoms with E-state index in [0.717, 1.165) is 16.8 Å². The number of hydrogen-bond acceptors (Lipinski definition) is 7. The number of aromatic nitrogens is 2. The number of amides is 2. The molecular weight excluding hydrogens is 478 g/mol. The van der Waals surface area contributed by atoms with Gasteiger partial charge in [-0.2, -0.15) is 0 Å². The number of carbonyl (C=O) groups excluding carboxylic acids is 2. The van der Waals surface area contributed by atoms with Crippen molar-refractivity contribution in [1.82, 2.24) is 20.6 Å². The Morgan fingerprint density at radius 2 is 1.39 bits per heavy atom. The number of carbonyl (C=O) groups is 2. The number of anilines is 3. The van der Waals surface area contributed by atoms with Crippen molar-refractivity contribution < 1.29 is 9.59 Å². The molecule has 3 rings (SSSR count). The van der Waals surface area contributed by atoms with Crippen LogP contribution in [0.3, 0.4) is 0 Å². The van der Waals surface area contributed by atoms with Crippen LogP contribution in [-0.4, -0.2) is 62.1 Å². The molecule has 1 aromatic heterocycles. The van der Waals surface area contributed by atoms with E-state index in [1.54, 1.807) is 12.1 Å². The highest BCUT2D eigenvalue weighted by Gasteiger charge is 2.13. The minimum atomic E-state index is -0.135. The van der Waals surface area contributed by atoms with Crippen molar-refractivity contribution in [2.75, 3.05) is 55.8 Å². The fourth-order valence-electron chi connectivity index (χ4n) is 3.38. The second-order valence-electron chi connectivity index (χ2n) is 8.41. The van der Waals surface area contributed by atoms with Gasteiger partial charge in [-0.1, -0.05) is 11.6 Å². The Hall–Kier alpha value is -3.85. The van der Waals surface area contributed by atoms with Crippen molar-refractivity contribution in [3.05, 3.63) is 64.7 Å². The van der Waals surface area contributed by atoms with Crippen LogP contribution in [0.4, 0.5) is 17.3 Å². The van der Waals surface area contributed by atoms with Crippen molar-refractivity contribution in [3.63, 3.8) is 0 Å². The summed E-state index contributed by atoms with van der Waals surface area (Å²) < 4.78 is 0. The molecule has 0 bridgehead atoms. The van der Waals surface area contributed by atoms with Crippen molar-refractivity contribution in [3.8, 4) is 11.4 Å². The zero-order chi connectivity index (χ0) is 26.1. The van der Waals surface area contributed by atoms with Crippen molar-refractivity contribution in [2.45, 2.75) is 13.8 Å². The highest BCUT2D eigenvalue weighted by Crippen LogP contribution is 2.26. The molecule has 1 heterocycles. The van der Waals surface area contributed by atoms with Gasteiger partial charge in [-0.05, 0) is 55.5 Å². The first kappa shape index (κ1) is 26.7. The minimum Gasteiger partial charge on any atom is -0.378 e. The lowest BCUT2D eigenvalue weighted by atomic mass is 10.2. The van der Waals surface area contributed by atoms with E-state index in [4.69, 9.17) is 16.6 Å². The first-order valence-corrected chi connectivity index (χ1v) is 12.0. The number of rotatable bonds is 11. The Labute approximate surface area is 216 Å². The number of nitrogens with one attached hydrogen (secondary N) is 4. The Bertz CT molecular complexity index is 1180. The van der Waals surface area contributed by atoms with Gasteiger partial charge >= 0.3 is 0 Å². The van der Waals surface area contributed by atoms with Gasteiger partial charge in [0.1, 0.15) is 11.6 Å². The van der Waals surface area contributed by atoms with E-state index in [9.17, 15) is 9.59 Å². The maximum Gasteiger partial charge on any atom is 0.251 e. The Morgan fingerprint density at radius 3 is 1.92 bits per heavy atom. The van der Waals surface area contributed by atoms with Gasteiger partial charge in [-0.25, -0.2) is 9.97 Å². The van der Waals surface area contributed by atoms with Crippen molar-refractivity contribution >= 4 is 40.7 Å². The molecule has 4 N–H and O–H groups in total. The zero-order valence-electron chi connectivity index (χ0n) is 21.0. The lowest BCUT2D eigenvalue weighted by Gasteiger charge is -2.16. The second kappa shape index (κ2) is 12.7. The summed E-state index contributed by atoms with van der Waals surface area (Å²) in [7, 11) is 3.91. The molecule has 0 aliphatic rings. The Balaban J connectivity index is 1.67. The number of nitrogens with zero attached hydrogens (tertiary/aromatic N) is 3. The van der Waals surface area contributed by atoms with Gasteiger partial charge < -0.3 is 26.2 Å². The zero-order valence-corrected chi connectivity index (χ0v) is 21.7. The average molecular weight is 510 g/mol. The molecule has 2 aromatic carbocycles. The average Bonchev–Trinajstić information content (AvgIpc) is 2.86. The summed E-state index contributed by atoms with van der Waals surface area (Å²) in [6.45, 7) is 5.27. The third-order valence-corrected chi connectivity index (χ3v) is 5.64. The minimum absolute atomic E-state index is 0.0869. The van der Waals surface area contributed by atoms with Gasteiger partial charge in [0.15, 0.2) is 5.82 Å². The van der Waals surface area contributed by atoms with E-state index < -0.39 is 0 Å². The lowest BCUT2D eigenvalue weighted by Crippen LogP contribution is -2.29. The summed E-state index contributed by atoms with van der Waals surface area (Å²) in [5, 5.41) is 12.9.